The Hall–Kier alpha value is -1.97. The van der Waals surface area contributed by atoms with E-state index in [4.69, 9.17) is 10.5 Å². The van der Waals surface area contributed by atoms with Crippen LogP contribution in [0.3, 0.4) is 0 Å². The summed E-state index contributed by atoms with van der Waals surface area (Å²) in [6, 6.07) is 5.93. The Kier molecular flexibility index (Phi) is 3.79. The molecule has 4 heteroatoms. The van der Waals surface area contributed by atoms with Crippen molar-refractivity contribution in [3.8, 4) is 16.9 Å². The van der Waals surface area contributed by atoms with Crippen LogP contribution in [0, 0.1) is 0 Å². The zero-order valence-electron chi connectivity index (χ0n) is 12.0. The first kappa shape index (κ1) is 13.5. The lowest BCUT2D eigenvalue weighted by molar-refractivity contribution is 0.417. The zero-order valence-corrected chi connectivity index (χ0v) is 12.0. The van der Waals surface area contributed by atoms with Crippen molar-refractivity contribution >= 4 is 5.69 Å². The van der Waals surface area contributed by atoms with E-state index in [2.05, 4.69) is 18.9 Å². The number of benzene rings is 1. The molecule has 102 valence electrons. The number of ether oxygens (including phenoxy) is 1. The second-order valence-corrected chi connectivity index (χ2v) is 4.56. The van der Waals surface area contributed by atoms with Crippen LogP contribution in [0.15, 0.2) is 18.2 Å². The quantitative estimate of drug-likeness (QED) is 0.859. The van der Waals surface area contributed by atoms with Gasteiger partial charge in [-0.2, -0.15) is 5.10 Å². The third kappa shape index (κ3) is 2.30. The van der Waals surface area contributed by atoms with E-state index in [0.717, 1.165) is 24.1 Å². The minimum atomic E-state index is 0.660. The van der Waals surface area contributed by atoms with Gasteiger partial charge in [-0.1, -0.05) is 19.9 Å². The summed E-state index contributed by atoms with van der Waals surface area (Å²) in [5, 5.41) is 4.59. The summed E-state index contributed by atoms with van der Waals surface area (Å²) in [7, 11) is 3.62. The fourth-order valence-electron chi connectivity index (χ4n) is 2.50. The van der Waals surface area contributed by atoms with Gasteiger partial charge in [0.05, 0.1) is 18.5 Å². The number of aryl methyl sites for hydroxylation is 2. The molecule has 0 amide bonds. The van der Waals surface area contributed by atoms with Crippen molar-refractivity contribution in [2.45, 2.75) is 26.7 Å². The highest BCUT2D eigenvalue weighted by Gasteiger charge is 2.16. The molecule has 0 saturated carbocycles. The van der Waals surface area contributed by atoms with E-state index in [0.29, 0.717) is 11.4 Å². The highest BCUT2D eigenvalue weighted by Crippen LogP contribution is 2.33. The number of nitrogens with zero attached hydrogens (tertiary/aromatic N) is 2. The van der Waals surface area contributed by atoms with Gasteiger partial charge >= 0.3 is 0 Å². The maximum atomic E-state index is 6.01. The Labute approximate surface area is 114 Å². The van der Waals surface area contributed by atoms with Crippen LogP contribution in [-0.2, 0) is 19.9 Å². The highest BCUT2D eigenvalue weighted by atomic mass is 16.5. The second kappa shape index (κ2) is 5.34. The number of hydrogen-bond acceptors (Lipinski definition) is 3. The molecule has 4 nitrogen and oxygen atoms in total. The van der Waals surface area contributed by atoms with Gasteiger partial charge in [0.25, 0.3) is 0 Å². The van der Waals surface area contributed by atoms with Gasteiger partial charge in [-0.3, -0.25) is 4.68 Å². The van der Waals surface area contributed by atoms with Crippen LogP contribution in [0.2, 0.25) is 0 Å². The standard InChI is InChI=1S/C15H21N3O/c1-5-12-15(13(6-2)18(3)17-12)10-7-8-14(19-4)11(16)9-10/h7-9H,5-6,16H2,1-4H3. The number of nitrogen functional groups attached to an aromatic ring is 1. The molecule has 0 fully saturated rings. The van der Waals surface area contributed by atoms with Crippen LogP contribution < -0.4 is 10.5 Å². The third-order valence-electron chi connectivity index (χ3n) is 3.43. The molecule has 2 rings (SSSR count). The average Bonchev–Trinajstić information content (AvgIpc) is 2.74. The molecule has 0 aliphatic heterocycles. The number of hydrogen-bond donors (Lipinski definition) is 1. The molecule has 0 spiro atoms. The van der Waals surface area contributed by atoms with E-state index in [1.165, 1.54) is 11.3 Å². The van der Waals surface area contributed by atoms with Gasteiger partial charge in [-0.25, -0.2) is 0 Å². The summed E-state index contributed by atoms with van der Waals surface area (Å²) >= 11 is 0. The zero-order chi connectivity index (χ0) is 14.0. The van der Waals surface area contributed by atoms with Crippen LogP contribution in [0.5, 0.6) is 5.75 Å². The average molecular weight is 259 g/mol. The van der Waals surface area contributed by atoms with Crippen molar-refractivity contribution in [2.24, 2.45) is 7.05 Å². The lowest BCUT2D eigenvalue weighted by atomic mass is 10.00. The van der Waals surface area contributed by atoms with Gasteiger partial charge < -0.3 is 10.5 Å². The largest absolute Gasteiger partial charge is 0.495 e. The van der Waals surface area contributed by atoms with Gasteiger partial charge in [-0.15, -0.1) is 0 Å². The Morgan fingerprint density at radius 2 is 2.00 bits per heavy atom. The van der Waals surface area contributed by atoms with Crippen LogP contribution in [-0.4, -0.2) is 16.9 Å². The Morgan fingerprint density at radius 3 is 2.53 bits per heavy atom. The first-order chi connectivity index (χ1) is 9.12. The lowest BCUT2D eigenvalue weighted by Gasteiger charge is -2.09. The molecule has 0 saturated heterocycles. The summed E-state index contributed by atoms with van der Waals surface area (Å²) in [4.78, 5) is 0. The van der Waals surface area contributed by atoms with Crippen molar-refractivity contribution in [3.05, 3.63) is 29.6 Å². The number of nitrogens with two attached hydrogens (primary N) is 1. The van der Waals surface area contributed by atoms with Gasteiger partial charge in [-0.05, 0) is 30.5 Å². The van der Waals surface area contributed by atoms with E-state index < -0.39 is 0 Å². The Bertz CT molecular complexity index is 587. The molecule has 2 aromatic rings. The summed E-state index contributed by atoms with van der Waals surface area (Å²) in [5.74, 6) is 0.712. The number of rotatable bonds is 4. The van der Waals surface area contributed by atoms with Gasteiger partial charge in [0, 0.05) is 18.3 Å². The number of anilines is 1. The van der Waals surface area contributed by atoms with Gasteiger partial charge in [0.2, 0.25) is 0 Å². The van der Waals surface area contributed by atoms with E-state index in [1.54, 1.807) is 7.11 Å². The highest BCUT2D eigenvalue weighted by molar-refractivity contribution is 5.74. The van der Waals surface area contributed by atoms with E-state index in [9.17, 15) is 0 Å². The maximum Gasteiger partial charge on any atom is 0.141 e. The van der Waals surface area contributed by atoms with Crippen molar-refractivity contribution in [3.63, 3.8) is 0 Å². The second-order valence-electron chi connectivity index (χ2n) is 4.56. The lowest BCUT2D eigenvalue weighted by Crippen LogP contribution is -1.97. The van der Waals surface area contributed by atoms with E-state index in [1.807, 2.05) is 29.9 Å². The normalized spacial score (nSPS) is 10.7. The minimum absolute atomic E-state index is 0.660. The third-order valence-corrected chi connectivity index (χ3v) is 3.43. The Morgan fingerprint density at radius 1 is 1.26 bits per heavy atom. The van der Waals surface area contributed by atoms with Crippen LogP contribution in [0.25, 0.3) is 11.1 Å². The molecule has 1 aromatic heterocycles. The van der Waals surface area contributed by atoms with Crippen LogP contribution in [0.4, 0.5) is 5.69 Å². The van der Waals surface area contributed by atoms with Crippen molar-refractivity contribution in [1.29, 1.82) is 0 Å². The van der Waals surface area contributed by atoms with E-state index in [-0.39, 0.29) is 0 Å². The molecule has 0 bridgehead atoms. The molecular weight excluding hydrogens is 238 g/mol. The molecular formula is C15H21N3O. The fourth-order valence-corrected chi connectivity index (χ4v) is 2.50. The monoisotopic (exact) mass is 259 g/mol. The molecule has 0 atom stereocenters. The molecule has 0 radical (unpaired) electrons. The van der Waals surface area contributed by atoms with Crippen LogP contribution >= 0.6 is 0 Å². The first-order valence-electron chi connectivity index (χ1n) is 6.60. The van der Waals surface area contributed by atoms with Crippen molar-refractivity contribution < 1.29 is 4.74 Å². The minimum Gasteiger partial charge on any atom is -0.495 e. The molecule has 1 aromatic carbocycles. The predicted molar refractivity (Wildman–Crippen MR) is 78.4 cm³/mol. The Balaban J connectivity index is 2.60. The molecule has 1 heterocycles. The summed E-state index contributed by atoms with van der Waals surface area (Å²) in [6.07, 6.45) is 1.86. The maximum absolute atomic E-state index is 6.01. The molecule has 2 N–H and O–H groups in total. The van der Waals surface area contributed by atoms with Gasteiger partial charge in [0.1, 0.15) is 5.75 Å². The number of aromatic nitrogens is 2. The SMILES string of the molecule is CCc1nn(C)c(CC)c1-c1ccc(OC)c(N)c1. The molecule has 19 heavy (non-hydrogen) atoms. The summed E-state index contributed by atoms with van der Waals surface area (Å²) < 4.78 is 7.18. The fraction of sp³-hybridized carbons (Fsp3) is 0.400. The topological polar surface area (TPSA) is 53.1 Å². The molecule has 0 aliphatic rings. The number of methoxy groups -OCH3 is 1. The molecule has 0 aliphatic carbocycles. The van der Waals surface area contributed by atoms with Gasteiger partial charge in [0.15, 0.2) is 0 Å². The predicted octanol–water partition coefficient (Wildman–Crippen LogP) is 2.80. The van der Waals surface area contributed by atoms with E-state index >= 15 is 0 Å². The summed E-state index contributed by atoms with van der Waals surface area (Å²) in [5.41, 5.74) is 11.3. The molecule has 0 unspecified atom stereocenters. The summed E-state index contributed by atoms with van der Waals surface area (Å²) in [6.45, 7) is 4.27. The van der Waals surface area contributed by atoms with Crippen molar-refractivity contribution in [1.82, 2.24) is 9.78 Å². The van der Waals surface area contributed by atoms with Crippen molar-refractivity contribution in [2.75, 3.05) is 12.8 Å². The van der Waals surface area contributed by atoms with Crippen LogP contribution in [0.1, 0.15) is 25.2 Å². The first-order valence-corrected chi connectivity index (χ1v) is 6.60. The smallest absolute Gasteiger partial charge is 0.141 e.